The van der Waals surface area contributed by atoms with Crippen LogP contribution in [0.2, 0.25) is 0 Å². The fourth-order valence-corrected chi connectivity index (χ4v) is 3.48. The molecule has 158 valence electrons. The summed E-state index contributed by atoms with van der Waals surface area (Å²) >= 11 is 0. The summed E-state index contributed by atoms with van der Waals surface area (Å²) in [7, 11) is -3.95. The third kappa shape index (κ3) is 6.03. The maximum atomic E-state index is 12.7. The zero-order chi connectivity index (χ0) is 21.6. The molecule has 2 aromatic rings. The molecule has 29 heavy (non-hydrogen) atoms. The number of rotatable bonds is 11. The standard InChI is InChI=1S/C18H23N3O7S/c1-2-29(27,28)20-21(15(18(25)26)8-10-17(23)24)16(22)9-7-12-11-19-14-6-4-3-5-13(12)14/h3-6,11,15,19-20H,2,7-10H2,1H3,(H,23,24)(H,25,26). The number of nitrogens with zero attached hydrogens (tertiary/aromatic N) is 1. The van der Waals surface area contributed by atoms with E-state index in [1.54, 1.807) is 6.20 Å². The first kappa shape index (κ1) is 22.4. The number of amides is 1. The number of H-pyrrole nitrogens is 1. The van der Waals surface area contributed by atoms with Crippen LogP contribution < -0.4 is 4.83 Å². The second-order valence-electron chi connectivity index (χ2n) is 6.40. The molecule has 0 fully saturated rings. The van der Waals surface area contributed by atoms with Crippen LogP contribution in [0.25, 0.3) is 10.9 Å². The molecule has 0 radical (unpaired) electrons. The van der Waals surface area contributed by atoms with Crippen LogP contribution >= 0.6 is 0 Å². The Labute approximate surface area is 167 Å². The van der Waals surface area contributed by atoms with Gasteiger partial charge in [0.25, 0.3) is 0 Å². The smallest absolute Gasteiger partial charge is 0.328 e. The van der Waals surface area contributed by atoms with Gasteiger partial charge in [-0.1, -0.05) is 18.2 Å². The number of carbonyl (C=O) groups is 3. The van der Waals surface area contributed by atoms with E-state index in [4.69, 9.17) is 5.11 Å². The normalized spacial score (nSPS) is 12.6. The molecule has 10 nitrogen and oxygen atoms in total. The number of para-hydroxylation sites is 1. The van der Waals surface area contributed by atoms with Crippen molar-refractivity contribution in [3.05, 3.63) is 36.0 Å². The van der Waals surface area contributed by atoms with E-state index in [-0.39, 0.29) is 18.6 Å². The molecule has 0 aliphatic heterocycles. The van der Waals surface area contributed by atoms with Crippen molar-refractivity contribution in [2.45, 2.75) is 38.6 Å². The number of carboxylic acid groups (broad SMARTS) is 2. The van der Waals surface area contributed by atoms with Crippen LogP contribution in [0.4, 0.5) is 0 Å². The molecule has 2 rings (SSSR count). The molecular weight excluding hydrogens is 402 g/mol. The lowest BCUT2D eigenvalue weighted by Gasteiger charge is -2.28. The summed E-state index contributed by atoms with van der Waals surface area (Å²) in [4.78, 5) is 40.2. The fourth-order valence-electron chi connectivity index (χ4n) is 2.83. The molecule has 1 aromatic heterocycles. The highest BCUT2D eigenvalue weighted by atomic mass is 32.2. The van der Waals surface area contributed by atoms with E-state index >= 15 is 0 Å². The molecule has 0 spiro atoms. The molecular formula is C18H23N3O7S. The highest BCUT2D eigenvalue weighted by Crippen LogP contribution is 2.20. The van der Waals surface area contributed by atoms with Gasteiger partial charge in [-0.05, 0) is 31.4 Å². The van der Waals surface area contributed by atoms with Crippen molar-refractivity contribution >= 4 is 38.8 Å². The number of fused-ring (bicyclic) bond motifs is 1. The van der Waals surface area contributed by atoms with Gasteiger partial charge in [-0.15, -0.1) is 4.83 Å². The molecule has 0 bridgehead atoms. The van der Waals surface area contributed by atoms with E-state index in [0.29, 0.717) is 5.01 Å². The maximum absolute atomic E-state index is 12.7. The predicted octanol–water partition coefficient (Wildman–Crippen LogP) is 1.10. The molecule has 0 aliphatic carbocycles. The van der Waals surface area contributed by atoms with Crippen molar-refractivity contribution in [3.63, 3.8) is 0 Å². The van der Waals surface area contributed by atoms with Crippen LogP contribution in [-0.2, 0) is 30.8 Å². The van der Waals surface area contributed by atoms with Crippen LogP contribution in [0.5, 0.6) is 0 Å². The number of aryl methyl sites for hydroxylation is 1. The number of aromatic nitrogens is 1. The molecule has 1 aromatic carbocycles. The lowest BCUT2D eigenvalue weighted by molar-refractivity contribution is -0.152. The van der Waals surface area contributed by atoms with E-state index in [9.17, 15) is 27.9 Å². The van der Waals surface area contributed by atoms with Gasteiger partial charge in [-0.3, -0.25) is 9.59 Å². The summed E-state index contributed by atoms with van der Waals surface area (Å²) in [6.07, 6.45) is 0.855. The molecule has 0 saturated heterocycles. The average Bonchev–Trinajstić information content (AvgIpc) is 3.08. The Morgan fingerprint density at radius 1 is 1.17 bits per heavy atom. The molecule has 1 heterocycles. The largest absolute Gasteiger partial charge is 0.481 e. The van der Waals surface area contributed by atoms with Crippen molar-refractivity contribution in [1.82, 2.24) is 14.8 Å². The monoisotopic (exact) mass is 425 g/mol. The second-order valence-corrected chi connectivity index (χ2v) is 8.39. The van der Waals surface area contributed by atoms with Crippen molar-refractivity contribution in [3.8, 4) is 0 Å². The van der Waals surface area contributed by atoms with E-state index in [1.165, 1.54) is 6.92 Å². The minimum atomic E-state index is -3.95. The molecule has 0 aliphatic rings. The number of hydrogen-bond donors (Lipinski definition) is 4. The zero-order valence-electron chi connectivity index (χ0n) is 15.8. The topological polar surface area (TPSA) is 157 Å². The van der Waals surface area contributed by atoms with Crippen LogP contribution in [0.3, 0.4) is 0 Å². The van der Waals surface area contributed by atoms with Crippen molar-refractivity contribution in [2.75, 3.05) is 5.75 Å². The number of hydrazine groups is 1. The maximum Gasteiger partial charge on any atom is 0.328 e. The average molecular weight is 425 g/mol. The summed E-state index contributed by atoms with van der Waals surface area (Å²) < 4.78 is 23.9. The van der Waals surface area contributed by atoms with Gasteiger partial charge in [0.15, 0.2) is 0 Å². The van der Waals surface area contributed by atoms with Crippen molar-refractivity contribution < 1.29 is 33.0 Å². The van der Waals surface area contributed by atoms with Gasteiger partial charge in [-0.2, -0.15) is 0 Å². The predicted molar refractivity (Wildman–Crippen MR) is 104 cm³/mol. The van der Waals surface area contributed by atoms with Gasteiger partial charge in [0.1, 0.15) is 6.04 Å². The molecule has 1 amide bonds. The molecule has 4 N–H and O–H groups in total. The van der Waals surface area contributed by atoms with Gasteiger partial charge in [0.2, 0.25) is 15.9 Å². The summed E-state index contributed by atoms with van der Waals surface area (Å²) in [6.45, 7) is 1.34. The summed E-state index contributed by atoms with van der Waals surface area (Å²) in [6, 6.07) is 5.80. The molecule has 11 heteroatoms. The molecule has 1 unspecified atom stereocenters. The Morgan fingerprint density at radius 2 is 1.86 bits per heavy atom. The van der Waals surface area contributed by atoms with Gasteiger partial charge in [-0.25, -0.2) is 18.2 Å². The van der Waals surface area contributed by atoms with E-state index in [0.717, 1.165) is 16.5 Å². The number of hydrogen-bond acceptors (Lipinski definition) is 5. The second kappa shape index (κ2) is 9.52. The Kier molecular flexibility index (Phi) is 7.35. The highest BCUT2D eigenvalue weighted by molar-refractivity contribution is 7.89. The van der Waals surface area contributed by atoms with E-state index in [2.05, 4.69) is 4.98 Å². The number of carbonyl (C=O) groups excluding carboxylic acids is 1. The number of nitrogens with one attached hydrogen (secondary N) is 2. The molecule has 1 atom stereocenters. The van der Waals surface area contributed by atoms with E-state index < -0.39 is 46.8 Å². The van der Waals surface area contributed by atoms with Crippen LogP contribution in [0, 0.1) is 0 Å². The van der Waals surface area contributed by atoms with Crippen molar-refractivity contribution in [2.24, 2.45) is 0 Å². The van der Waals surface area contributed by atoms with Gasteiger partial charge in [0.05, 0.1) is 5.75 Å². The summed E-state index contributed by atoms with van der Waals surface area (Å²) in [5, 5.41) is 19.7. The summed E-state index contributed by atoms with van der Waals surface area (Å²) in [5.41, 5.74) is 1.70. The first-order chi connectivity index (χ1) is 13.6. The Bertz CT molecular complexity index is 1000. The first-order valence-corrected chi connectivity index (χ1v) is 10.6. The minimum absolute atomic E-state index is 0.162. The Morgan fingerprint density at radius 3 is 2.48 bits per heavy atom. The minimum Gasteiger partial charge on any atom is -0.481 e. The van der Waals surface area contributed by atoms with Gasteiger partial charge >= 0.3 is 11.9 Å². The number of benzene rings is 1. The third-order valence-corrected chi connectivity index (χ3v) is 5.63. The summed E-state index contributed by atoms with van der Waals surface area (Å²) in [5.74, 6) is -3.87. The number of carboxylic acids is 2. The number of aliphatic carboxylic acids is 2. The van der Waals surface area contributed by atoms with Gasteiger partial charge in [0, 0.05) is 29.9 Å². The highest BCUT2D eigenvalue weighted by Gasteiger charge is 2.32. The number of sulfonamides is 1. The Hall–Kier alpha value is -2.92. The van der Waals surface area contributed by atoms with Crippen molar-refractivity contribution in [1.29, 1.82) is 0 Å². The zero-order valence-corrected chi connectivity index (χ0v) is 16.6. The lowest BCUT2D eigenvalue weighted by Crippen LogP contribution is -2.55. The SMILES string of the molecule is CCS(=O)(=O)NN(C(=O)CCc1c[nH]c2ccccc12)C(CCC(=O)O)C(=O)O. The van der Waals surface area contributed by atoms with Crippen LogP contribution in [0.1, 0.15) is 31.7 Å². The fraction of sp³-hybridized carbons (Fsp3) is 0.389. The lowest BCUT2D eigenvalue weighted by atomic mass is 10.1. The molecule has 0 saturated carbocycles. The van der Waals surface area contributed by atoms with Gasteiger partial charge < -0.3 is 15.2 Å². The van der Waals surface area contributed by atoms with Crippen LogP contribution in [-0.4, -0.2) is 58.3 Å². The Balaban J connectivity index is 2.22. The third-order valence-electron chi connectivity index (χ3n) is 4.40. The number of aromatic amines is 1. The van der Waals surface area contributed by atoms with Crippen LogP contribution in [0.15, 0.2) is 30.5 Å². The quantitative estimate of drug-likeness (QED) is 0.393. The van der Waals surface area contributed by atoms with E-state index in [1.807, 2.05) is 29.1 Å². The first-order valence-electron chi connectivity index (χ1n) is 8.96.